The molecule has 0 bridgehead atoms. The third-order valence-corrected chi connectivity index (χ3v) is 2.10. The molecule has 0 saturated heterocycles. The van der Waals surface area contributed by atoms with Crippen molar-refractivity contribution < 1.29 is 20.8 Å². The number of benzene rings is 1. The fourth-order valence-corrected chi connectivity index (χ4v) is 1.62. The van der Waals surface area contributed by atoms with Gasteiger partial charge in [0.15, 0.2) is 0 Å². The molecule has 82 valence electrons. The van der Waals surface area contributed by atoms with E-state index >= 15 is 0 Å². The number of rotatable bonds is 0. The minimum absolute atomic E-state index is 0.826. The van der Waals surface area contributed by atoms with Crippen LogP contribution in [0, 0.1) is 12.8 Å². The molecule has 0 fully saturated rings. The summed E-state index contributed by atoms with van der Waals surface area (Å²) < 4.78 is 0. The predicted octanol–water partition coefficient (Wildman–Crippen LogP) is 4.60. The molecule has 0 aliphatic heterocycles. The molecule has 2 rings (SSSR count). The molecule has 0 amide bonds. The summed E-state index contributed by atoms with van der Waals surface area (Å²) in [6.45, 7) is 7.24. The van der Waals surface area contributed by atoms with E-state index in [-0.39, 0.29) is 0 Å². The molecule has 3 heteroatoms. The van der Waals surface area contributed by atoms with E-state index in [0.717, 1.165) is 0 Å². The van der Waals surface area contributed by atoms with Crippen molar-refractivity contribution in [1.29, 1.82) is 0 Å². The quantitative estimate of drug-likeness (QED) is 0.613. The molecule has 1 aliphatic carbocycles. The van der Waals surface area contributed by atoms with Crippen LogP contribution in [-0.4, -0.2) is 0 Å². The average molecular weight is 322 g/mol. The Hall–Kier alpha value is 0.683. The molecule has 0 saturated carbocycles. The van der Waals surface area contributed by atoms with Crippen LogP contribution in [0.1, 0.15) is 25.0 Å². The molecule has 1 aromatic carbocycles. The summed E-state index contributed by atoms with van der Waals surface area (Å²) in [5, 5.41) is 0. The third kappa shape index (κ3) is 6.10. The average Bonchev–Trinajstić information content (AvgIpc) is 2.62. The molecule has 0 spiro atoms. The van der Waals surface area contributed by atoms with Gasteiger partial charge >= 0.3 is 37.9 Å². The molecule has 1 aliphatic rings. The Morgan fingerprint density at radius 1 is 1.13 bits per heavy atom. The van der Waals surface area contributed by atoms with Crippen molar-refractivity contribution in [3.63, 3.8) is 0 Å². The molecule has 0 nitrogen and oxygen atoms in total. The summed E-state index contributed by atoms with van der Waals surface area (Å²) >= 11 is -0.826. The molecular weight excluding hydrogens is 306 g/mol. The van der Waals surface area contributed by atoms with Gasteiger partial charge in [0.05, 0.1) is 0 Å². The molecule has 15 heavy (non-hydrogen) atoms. The van der Waals surface area contributed by atoms with Gasteiger partial charge in [0.25, 0.3) is 0 Å². The molecule has 0 heterocycles. The van der Waals surface area contributed by atoms with Gasteiger partial charge < -0.3 is 12.8 Å². The number of halogens is 2. The van der Waals surface area contributed by atoms with Crippen LogP contribution in [0.3, 0.4) is 0 Å². The monoisotopic (exact) mass is 320 g/mol. The maximum atomic E-state index is 4.93. The maximum absolute atomic E-state index is 4.93. The van der Waals surface area contributed by atoms with Crippen LogP contribution >= 0.6 is 17.0 Å². The summed E-state index contributed by atoms with van der Waals surface area (Å²) in [5.74, 6) is 1.60. The predicted molar refractivity (Wildman–Crippen MR) is 65.5 cm³/mol. The van der Waals surface area contributed by atoms with Gasteiger partial charge in [-0.3, -0.25) is 0 Å². The molecule has 1 aromatic rings. The van der Waals surface area contributed by atoms with Gasteiger partial charge in [-0.15, -0.1) is 0 Å². The van der Waals surface area contributed by atoms with E-state index in [1.165, 1.54) is 24.0 Å². The van der Waals surface area contributed by atoms with Crippen molar-refractivity contribution in [3.8, 4) is 0 Å². The van der Waals surface area contributed by atoms with Crippen molar-refractivity contribution in [1.82, 2.24) is 0 Å². The van der Waals surface area contributed by atoms with Crippen molar-refractivity contribution in [2.24, 2.45) is 0 Å². The van der Waals surface area contributed by atoms with Crippen LogP contribution in [0.5, 0.6) is 0 Å². The van der Waals surface area contributed by atoms with Crippen LogP contribution in [0.15, 0.2) is 24.3 Å². The van der Waals surface area contributed by atoms with E-state index in [0.29, 0.717) is 0 Å². The zero-order valence-corrected chi connectivity index (χ0v) is 13.2. The van der Waals surface area contributed by atoms with Crippen LogP contribution in [-0.2, 0) is 33.7 Å². The summed E-state index contributed by atoms with van der Waals surface area (Å²) in [5.41, 5.74) is 3.06. The van der Waals surface area contributed by atoms with E-state index in [1.807, 2.05) is 0 Å². The van der Waals surface area contributed by atoms with Gasteiger partial charge in [0.1, 0.15) is 0 Å². The van der Waals surface area contributed by atoms with E-state index < -0.39 is 20.8 Å². The first kappa shape index (κ1) is 15.7. The Bertz CT molecular complexity index is 239. The summed E-state index contributed by atoms with van der Waals surface area (Å²) in [7, 11) is 9.87. The Morgan fingerprint density at radius 2 is 1.47 bits per heavy atom. The molecule has 0 aromatic heterocycles. The Kier molecular flexibility index (Phi) is 10.3. The Labute approximate surface area is 112 Å². The van der Waals surface area contributed by atoms with Gasteiger partial charge in [-0.1, -0.05) is 35.4 Å². The molecule has 0 radical (unpaired) electrons. The Morgan fingerprint density at radius 3 is 1.80 bits per heavy atom. The van der Waals surface area contributed by atoms with Crippen LogP contribution in [0.2, 0.25) is 0 Å². The molecule has 0 atom stereocenters. The minimum atomic E-state index is -0.826. The van der Waals surface area contributed by atoms with Crippen molar-refractivity contribution in [2.45, 2.75) is 26.7 Å². The Balaban J connectivity index is 0.000000342. The van der Waals surface area contributed by atoms with E-state index in [2.05, 4.69) is 38.1 Å². The number of hydrogen-bond acceptors (Lipinski definition) is 0. The molecule has 0 N–H and O–H groups in total. The molecular formula is C12H16Cl2Zr. The number of fused-ring (bicyclic) bond motifs is 1. The van der Waals surface area contributed by atoms with Crippen molar-refractivity contribution in [3.05, 3.63) is 48.2 Å². The fraction of sp³-hybridized carbons (Fsp3) is 0.333. The second kappa shape index (κ2) is 9.88. The van der Waals surface area contributed by atoms with Crippen LogP contribution < -0.4 is 0 Å². The van der Waals surface area contributed by atoms with Gasteiger partial charge in [0.2, 0.25) is 0 Å². The van der Waals surface area contributed by atoms with Crippen LogP contribution in [0.25, 0.3) is 0 Å². The second-order valence-electron chi connectivity index (χ2n) is 3.15. The molecule has 0 unspecified atom stereocenters. The first-order valence-electron chi connectivity index (χ1n) is 4.83. The first-order valence-corrected chi connectivity index (χ1v) is 11.2. The fourth-order valence-electron chi connectivity index (χ4n) is 1.62. The van der Waals surface area contributed by atoms with Gasteiger partial charge in [-0.25, -0.2) is 0 Å². The SMILES string of the molecule is C[C-]1Cc2ccccc2C1.[CH2-]C.[Cl][Zr+2][Cl]. The zero-order valence-electron chi connectivity index (χ0n) is 9.19. The topological polar surface area (TPSA) is 0 Å². The van der Waals surface area contributed by atoms with Crippen LogP contribution in [0.4, 0.5) is 0 Å². The summed E-state index contributed by atoms with van der Waals surface area (Å²) in [6.07, 6.45) is 2.41. The van der Waals surface area contributed by atoms with Gasteiger partial charge in [0, 0.05) is 0 Å². The second-order valence-corrected chi connectivity index (χ2v) is 6.88. The third-order valence-electron chi connectivity index (χ3n) is 2.10. The van der Waals surface area contributed by atoms with Crippen molar-refractivity contribution in [2.75, 3.05) is 0 Å². The summed E-state index contributed by atoms with van der Waals surface area (Å²) in [4.78, 5) is 0. The van der Waals surface area contributed by atoms with E-state index in [1.54, 1.807) is 12.8 Å². The van der Waals surface area contributed by atoms with Crippen molar-refractivity contribution >= 4 is 17.0 Å². The van der Waals surface area contributed by atoms with Gasteiger partial charge in [-0.2, -0.15) is 26.7 Å². The van der Waals surface area contributed by atoms with Gasteiger partial charge in [-0.05, 0) is 0 Å². The zero-order chi connectivity index (χ0) is 11.7. The van der Waals surface area contributed by atoms with E-state index in [4.69, 9.17) is 17.0 Å². The van der Waals surface area contributed by atoms with E-state index in [9.17, 15) is 0 Å². The first-order chi connectivity index (χ1) is 7.27. The summed E-state index contributed by atoms with van der Waals surface area (Å²) in [6, 6.07) is 8.70. The standard InChI is InChI=1S/C10H11.C2H5.2ClH.Zr/c1-8-6-9-4-2-3-5-10(9)7-8;1-2;;;/h2-5H,6-7H2,1H3;1H2,2H3;2*1H;/q2*-1;;;+4/p-2. The normalized spacial score (nSPS) is 12.6. The number of hydrogen-bond donors (Lipinski definition) is 0.